The third kappa shape index (κ3) is 3.65. The third-order valence-corrected chi connectivity index (χ3v) is 6.39. The van der Waals surface area contributed by atoms with Gasteiger partial charge in [0.2, 0.25) is 0 Å². The van der Waals surface area contributed by atoms with E-state index in [1.165, 1.54) is 21.1 Å². The monoisotopic (exact) mass is 384 g/mol. The van der Waals surface area contributed by atoms with Gasteiger partial charge < -0.3 is 0 Å². The SMILES string of the molecule is CCN(CC)S(=O)(=O)N[C@H]1CCCc2c1cnn2-c1cc(F)cc(F)c1. The Morgan fingerprint density at radius 3 is 2.50 bits per heavy atom. The molecule has 1 N–H and O–H groups in total. The maximum Gasteiger partial charge on any atom is 0.279 e. The summed E-state index contributed by atoms with van der Waals surface area (Å²) >= 11 is 0. The number of fused-ring (bicyclic) bond motifs is 1. The van der Waals surface area contributed by atoms with Gasteiger partial charge in [-0.3, -0.25) is 0 Å². The van der Waals surface area contributed by atoms with Gasteiger partial charge in [-0.05, 0) is 31.4 Å². The van der Waals surface area contributed by atoms with Gasteiger partial charge in [-0.2, -0.15) is 22.5 Å². The summed E-state index contributed by atoms with van der Waals surface area (Å²) in [4.78, 5) is 0. The Hall–Kier alpha value is -1.84. The number of aromatic nitrogens is 2. The predicted molar refractivity (Wildman–Crippen MR) is 94.1 cm³/mol. The second-order valence-electron chi connectivity index (χ2n) is 6.24. The molecule has 26 heavy (non-hydrogen) atoms. The number of rotatable bonds is 6. The zero-order valence-electron chi connectivity index (χ0n) is 14.7. The van der Waals surface area contributed by atoms with E-state index < -0.39 is 27.9 Å². The van der Waals surface area contributed by atoms with E-state index in [1.54, 1.807) is 20.0 Å². The van der Waals surface area contributed by atoms with E-state index in [-0.39, 0.29) is 5.69 Å². The van der Waals surface area contributed by atoms with E-state index in [2.05, 4.69) is 9.82 Å². The number of benzene rings is 1. The molecule has 0 amide bonds. The Morgan fingerprint density at radius 2 is 1.88 bits per heavy atom. The molecule has 1 aromatic carbocycles. The number of halogens is 2. The van der Waals surface area contributed by atoms with Crippen LogP contribution in [0, 0.1) is 11.6 Å². The van der Waals surface area contributed by atoms with Crippen LogP contribution in [-0.4, -0.2) is 35.6 Å². The molecule has 3 rings (SSSR count). The molecular formula is C17H22F2N4O2S. The highest BCUT2D eigenvalue weighted by molar-refractivity contribution is 7.87. The molecule has 1 aromatic heterocycles. The van der Waals surface area contributed by atoms with Crippen LogP contribution in [0.2, 0.25) is 0 Å². The van der Waals surface area contributed by atoms with E-state index in [1.807, 2.05) is 0 Å². The molecule has 0 fully saturated rings. The average Bonchev–Trinajstić information content (AvgIpc) is 2.99. The first-order valence-electron chi connectivity index (χ1n) is 8.66. The van der Waals surface area contributed by atoms with E-state index in [0.29, 0.717) is 25.9 Å². The van der Waals surface area contributed by atoms with Crippen molar-refractivity contribution in [3.63, 3.8) is 0 Å². The van der Waals surface area contributed by atoms with Crippen LogP contribution in [-0.2, 0) is 16.6 Å². The molecular weight excluding hydrogens is 362 g/mol. The average molecular weight is 384 g/mol. The lowest BCUT2D eigenvalue weighted by atomic mass is 9.94. The van der Waals surface area contributed by atoms with Gasteiger partial charge in [-0.25, -0.2) is 13.5 Å². The fourth-order valence-electron chi connectivity index (χ4n) is 3.38. The molecule has 1 aliphatic carbocycles. The van der Waals surface area contributed by atoms with Crippen LogP contribution in [0.4, 0.5) is 8.78 Å². The fourth-order valence-corrected chi connectivity index (χ4v) is 4.81. The highest BCUT2D eigenvalue weighted by Crippen LogP contribution is 2.32. The first-order valence-corrected chi connectivity index (χ1v) is 10.1. The molecule has 0 bridgehead atoms. The lowest BCUT2D eigenvalue weighted by molar-refractivity contribution is 0.416. The van der Waals surface area contributed by atoms with Crippen LogP contribution >= 0.6 is 0 Å². The molecule has 1 heterocycles. The van der Waals surface area contributed by atoms with Crippen molar-refractivity contribution in [3.8, 4) is 5.69 Å². The Bertz CT molecular complexity index is 874. The minimum absolute atomic E-state index is 0.288. The quantitative estimate of drug-likeness (QED) is 0.833. The maximum atomic E-state index is 13.5. The molecule has 9 heteroatoms. The van der Waals surface area contributed by atoms with Crippen LogP contribution < -0.4 is 4.72 Å². The van der Waals surface area contributed by atoms with Crippen molar-refractivity contribution in [1.82, 2.24) is 18.8 Å². The fraction of sp³-hybridized carbons (Fsp3) is 0.471. The standard InChI is InChI=1S/C17H22F2N4O2S/c1-3-22(4-2)26(24,25)21-16-6-5-7-17-15(16)11-20-23(17)14-9-12(18)8-13(19)10-14/h8-11,16,21H,3-7H2,1-2H3/t16-/m0/s1. The molecule has 0 saturated heterocycles. The van der Waals surface area contributed by atoms with Crippen molar-refractivity contribution in [2.75, 3.05) is 13.1 Å². The summed E-state index contributed by atoms with van der Waals surface area (Å²) in [6.07, 6.45) is 3.64. The Morgan fingerprint density at radius 1 is 1.23 bits per heavy atom. The van der Waals surface area contributed by atoms with Crippen molar-refractivity contribution in [2.24, 2.45) is 0 Å². The summed E-state index contributed by atoms with van der Waals surface area (Å²) in [6, 6.07) is 2.82. The smallest absolute Gasteiger partial charge is 0.237 e. The first kappa shape index (κ1) is 18.9. The minimum Gasteiger partial charge on any atom is -0.237 e. The van der Waals surface area contributed by atoms with E-state index >= 15 is 0 Å². The number of nitrogens with one attached hydrogen (secondary N) is 1. The van der Waals surface area contributed by atoms with Gasteiger partial charge in [-0.15, -0.1) is 0 Å². The van der Waals surface area contributed by atoms with Crippen molar-refractivity contribution >= 4 is 10.2 Å². The predicted octanol–water partition coefficient (Wildman–Crippen LogP) is 2.70. The second kappa shape index (κ2) is 7.42. The molecule has 0 saturated carbocycles. The summed E-state index contributed by atoms with van der Waals surface area (Å²) in [5.74, 6) is -1.36. The highest BCUT2D eigenvalue weighted by atomic mass is 32.2. The highest BCUT2D eigenvalue weighted by Gasteiger charge is 2.30. The van der Waals surface area contributed by atoms with Gasteiger partial charge in [-0.1, -0.05) is 13.8 Å². The zero-order chi connectivity index (χ0) is 18.9. The number of nitrogens with zero attached hydrogens (tertiary/aromatic N) is 3. The van der Waals surface area contributed by atoms with Crippen LogP contribution in [0.3, 0.4) is 0 Å². The Balaban J connectivity index is 1.94. The molecule has 1 atom stereocenters. The van der Waals surface area contributed by atoms with Gasteiger partial charge in [0.05, 0.1) is 17.9 Å². The van der Waals surface area contributed by atoms with Crippen LogP contribution in [0.25, 0.3) is 5.69 Å². The summed E-state index contributed by atoms with van der Waals surface area (Å²) in [5, 5.41) is 4.25. The Kier molecular flexibility index (Phi) is 5.40. The largest absolute Gasteiger partial charge is 0.279 e. The van der Waals surface area contributed by atoms with Crippen molar-refractivity contribution in [3.05, 3.63) is 47.3 Å². The van der Waals surface area contributed by atoms with Gasteiger partial charge in [0.15, 0.2) is 0 Å². The lowest BCUT2D eigenvalue weighted by Crippen LogP contribution is -2.42. The van der Waals surface area contributed by atoms with E-state index in [4.69, 9.17) is 0 Å². The van der Waals surface area contributed by atoms with E-state index in [9.17, 15) is 17.2 Å². The van der Waals surface area contributed by atoms with Gasteiger partial charge in [0, 0.05) is 30.4 Å². The lowest BCUT2D eigenvalue weighted by Gasteiger charge is -2.27. The molecule has 2 aromatic rings. The summed E-state index contributed by atoms with van der Waals surface area (Å²) < 4.78 is 57.7. The summed E-state index contributed by atoms with van der Waals surface area (Å²) in [5.41, 5.74) is 1.81. The maximum absolute atomic E-state index is 13.5. The normalized spacial score (nSPS) is 17.5. The van der Waals surface area contributed by atoms with Crippen molar-refractivity contribution in [2.45, 2.75) is 39.2 Å². The van der Waals surface area contributed by atoms with Crippen LogP contribution in [0.15, 0.2) is 24.4 Å². The van der Waals surface area contributed by atoms with Gasteiger partial charge >= 0.3 is 0 Å². The van der Waals surface area contributed by atoms with Crippen molar-refractivity contribution in [1.29, 1.82) is 0 Å². The first-order chi connectivity index (χ1) is 12.4. The van der Waals surface area contributed by atoms with E-state index in [0.717, 1.165) is 23.7 Å². The second-order valence-corrected chi connectivity index (χ2v) is 7.94. The molecule has 142 valence electrons. The molecule has 0 aliphatic heterocycles. The molecule has 0 unspecified atom stereocenters. The number of hydrogen-bond donors (Lipinski definition) is 1. The molecule has 6 nitrogen and oxygen atoms in total. The van der Waals surface area contributed by atoms with Crippen LogP contribution in [0.5, 0.6) is 0 Å². The minimum atomic E-state index is -3.61. The number of hydrogen-bond acceptors (Lipinski definition) is 3. The third-order valence-electron chi connectivity index (χ3n) is 4.61. The topological polar surface area (TPSA) is 67.2 Å². The zero-order valence-corrected chi connectivity index (χ0v) is 15.6. The summed E-state index contributed by atoms with van der Waals surface area (Å²) in [7, 11) is -3.61. The van der Waals surface area contributed by atoms with Gasteiger partial charge in [0.25, 0.3) is 10.2 Å². The molecule has 1 aliphatic rings. The van der Waals surface area contributed by atoms with Crippen LogP contribution in [0.1, 0.15) is 44.0 Å². The van der Waals surface area contributed by atoms with Crippen molar-refractivity contribution < 1.29 is 17.2 Å². The Labute approximate surface area is 152 Å². The van der Waals surface area contributed by atoms with Gasteiger partial charge in [0.1, 0.15) is 11.6 Å². The molecule has 0 radical (unpaired) electrons. The molecule has 0 spiro atoms. The summed E-state index contributed by atoms with van der Waals surface area (Å²) in [6.45, 7) is 4.33.